The smallest absolute Gasteiger partial charge is 0.182 e. The summed E-state index contributed by atoms with van der Waals surface area (Å²) < 4.78 is 5.04. The molecule has 0 radical (unpaired) electrons. The summed E-state index contributed by atoms with van der Waals surface area (Å²) in [4.78, 5) is 4.05. The minimum atomic E-state index is 0.466. The molecule has 0 fully saturated rings. The van der Waals surface area contributed by atoms with E-state index in [1.54, 1.807) is 25.4 Å². The van der Waals surface area contributed by atoms with E-state index < -0.39 is 0 Å². The first-order valence-electron chi connectivity index (χ1n) is 3.51. The first-order valence-corrected chi connectivity index (χ1v) is 3.51. The molecule has 0 amide bonds. The lowest BCUT2D eigenvalue weighted by Gasteiger charge is -1.93. The number of aliphatic imine (C=N–C) groups is 1. The molecule has 1 heterocycles. The van der Waals surface area contributed by atoms with Crippen molar-refractivity contribution in [3.8, 4) is 6.19 Å². The second kappa shape index (κ2) is 4.19. The molecule has 0 spiro atoms. The molecule has 0 bridgehead atoms. The van der Waals surface area contributed by atoms with Crippen LogP contribution in [0.15, 0.2) is 27.8 Å². The lowest BCUT2D eigenvalue weighted by atomic mass is 10.4. The molecular formula is C8H9N3O. The van der Waals surface area contributed by atoms with Crippen LogP contribution in [0.4, 0.5) is 0 Å². The molecule has 0 aromatic carbocycles. The molecule has 1 N–H and O–H groups in total. The van der Waals surface area contributed by atoms with Crippen LogP contribution in [0.25, 0.3) is 0 Å². The average Bonchev–Trinajstić information content (AvgIpc) is 2.53. The monoisotopic (exact) mass is 163 g/mol. The standard InChI is InChI=1S/C8H9N3O/c1-7(11-6-9)10-5-8-3-2-4-12-8/h2-4H,5H2,1H3,(H,10,11). The van der Waals surface area contributed by atoms with Crippen LogP contribution in [0, 0.1) is 11.5 Å². The van der Waals surface area contributed by atoms with Crippen molar-refractivity contribution in [1.82, 2.24) is 5.32 Å². The van der Waals surface area contributed by atoms with Gasteiger partial charge in [-0.3, -0.25) is 10.3 Å². The number of nitrogens with zero attached hydrogens (tertiary/aromatic N) is 2. The molecule has 62 valence electrons. The van der Waals surface area contributed by atoms with Crippen molar-refractivity contribution in [2.24, 2.45) is 4.99 Å². The summed E-state index contributed by atoms with van der Waals surface area (Å²) in [6.45, 7) is 2.19. The van der Waals surface area contributed by atoms with Gasteiger partial charge in [0.15, 0.2) is 6.19 Å². The van der Waals surface area contributed by atoms with Crippen molar-refractivity contribution in [1.29, 1.82) is 5.26 Å². The predicted molar refractivity (Wildman–Crippen MR) is 44.3 cm³/mol. The number of nitriles is 1. The average molecular weight is 163 g/mol. The van der Waals surface area contributed by atoms with E-state index in [4.69, 9.17) is 9.68 Å². The summed E-state index contributed by atoms with van der Waals surface area (Å²) in [5, 5.41) is 10.7. The summed E-state index contributed by atoms with van der Waals surface area (Å²) in [5.74, 6) is 1.38. The Morgan fingerprint density at radius 1 is 1.83 bits per heavy atom. The van der Waals surface area contributed by atoms with Crippen molar-refractivity contribution in [2.45, 2.75) is 13.5 Å². The molecule has 0 aliphatic rings. The second-order valence-corrected chi connectivity index (χ2v) is 2.22. The largest absolute Gasteiger partial charge is 0.467 e. The quantitative estimate of drug-likeness (QED) is 0.309. The number of furan rings is 1. The molecule has 0 saturated heterocycles. The predicted octanol–water partition coefficient (Wildman–Crippen LogP) is 1.27. The van der Waals surface area contributed by atoms with Crippen molar-refractivity contribution in [2.75, 3.05) is 0 Å². The van der Waals surface area contributed by atoms with E-state index in [1.165, 1.54) is 0 Å². The Hall–Kier alpha value is -1.76. The molecule has 4 nitrogen and oxygen atoms in total. The van der Waals surface area contributed by atoms with Crippen LogP contribution in [-0.2, 0) is 6.54 Å². The lowest BCUT2D eigenvalue weighted by Crippen LogP contribution is -2.13. The van der Waals surface area contributed by atoms with Gasteiger partial charge in [0.25, 0.3) is 0 Å². The zero-order chi connectivity index (χ0) is 8.81. The topological polar surface area (TPSA) is 61.3 Å². The molecule has 1 aromatic heterocycles. The Balaban J connectivity index is 2.45. The summed E-state index contributed by atoms with van der Waals surface area (Å²) in [5.41, 5.74) is 0. The van der Waals surface area contributed by atoms with Gasteiger partial charge in [0, 0.05) is 0 Å². The fourth-order valence-electron chi connectivity index (χ4n) is 0.719. The molecule has 1 rings (SSSR count). The molecule has 1 aromatic rings. The minimum Gasteiger partial charge on any atom is -0.467 e. The molecule has 4 heteroatoms. The van der Waals surface area contributed by atoms with E-state index in [0.29, 0.717) is 12.4 Å². The first-order chi connectivity index (χ1) is 5.83. The summed E-state index contributed by atoms with van der Waals surface area (Å²) in [6, 6.07) is 3.64. The van der Waals surface area contributed by atoms with Gasteiger partial charge >= 0.3 is 0 Å². The van der Waals surface area contributed by atoms with E-state index in [9.17, 15) is 0 Å². The molecular weight excluding hydrogens is 154 g/mol. The molecule has 0 unspecified atom stereocenters. The zero-order valence-corrected chi connectivity index (χ0v) is 6.74. The molecule has 12 heavy (non-hydrogen) atoms. The van der Waals surface area contributed by atoms with Crippen LogP contribution < -0.4 is 5.32 Å². The van der Waals surface area contributed by atoms with Crippen molar-refractivity contribution >= 4 is 5.84 Å². The number of nitrogens with one attached hydrogen (secondary N) is 1. The van der Waals surface area contributed by atoms with Gasteiger partial charge in [0.2, 0.25) is 0 Å². The zero-order valence-electron chi connectivity index (χ0n) is 6.74. The summed E-state index contributed by atoms with van der Waals surface area (Å²) >= 11 is 0. The van der Waals surface area contributed by atoms with Gasteiger partial charge in [0.05, 0.1) is 12.8 Å². The third kappa shape index (κ3) is 2.46. The summed E-state index contributed by atoms with van der Waals surface area (Å²) in [6.07, 6.45) is 3.38. The number of rotatable bonds is 2. The number of hydrogen-bond donors (Lipinski definition) is 1. The van der Waals surface area contributed by atoms with Crippen LogP contribution >= 0.6 is 0 Å². The Labute approximate surface area is 70.5 Å². The molecule has 0 aliphatic heterocycles. The minimum absolute atomic E-state index is 0.466. The van der Waals surface area contributed by atoms with Gasteiger partial charge < -0.3 is 4.42 Å². The Bertz CT molecular complexity index is 295. The lowest BCUT2D eigenvalue weighted by molar-refractivity contribution is 0.512. The maximum atomic E-state index is 8.23. The number of amidine groups is 1. The highest BCUT2D eigenvalue weighted by Crippen LogP contribution is 2.00. The van der Waals surface area contributed by atoms with Crippen LogP contribution in [0.1, 0.15) is 12.7 Å². The highest BCUT2D eigenvalue weighted by Gasteiger charge is 1.92. The highest BCUT2D eigenvalue weighted by molar-refractivity contribution is 5.80. The van der Waals surface area contributed by atoms with E-state index in [0.717, 1.165) is 5.76 Å². The first kappa shape index (κ1) is 8.34. The van der Waals surface area contributed by atoms with E-state index in [2.05, 4.69) is 10.3 Å². The van der Waals surface area contributed by atoms with Gasteiger partial charge in [0.1, 0.15) is 11.6 Å². The maximum Gasteiger partial charge on any atom is 0.182 e. The highest BCUT2D eigenvalue weighted by atomic mass is 16.3. The van der Waals surface area contributed by atoms with E-state index in [-0.39, 0.29) is 0 Å². The van der Waals surface area contributed by atoms with Crippen LogP contribution in [0.2, 0.25) is 0 Å². The second-order valence-electron chi connectivity index (χ2n) is 2.22. The Morgan fingerprint density at radius 3 is 3.25 bits per heavy atom. The normalized spacial score (nSPS) is 10.8. The van der Waals surface area contributed by atoms with Crippen LogP contribution in [-0.4, -0.2) is 5.84 Å². The molecule has 0 aliphatic carbocycles. The van der Waals surface area contributed by atoms with E-state index in [1.807, 2.05) is 6.07 Å². The number of hydrogen-bond acceptors (Lipinski definition) is 3. The molecule has 0 atom stereocenters. The van der Waals surface area contributed by atoms with Gasteiger partial charge in [-0.05, 0) is 19.1 Å². The van der Waals surface area contributed by atoms with Crippen molar-refractivity contribution in [3.05, 3.63) is 24.2 Å². The van der Waals surface area contributed by atoms with Crippen LogP contribution in [0.5, 0.6) is 0 Å². The third-order valence-electron chi connectivity index (χ3n) is 1.29. The SMILES string of the molecule is CC(=NCc1ccco1)NC#N. The van der Waals surface area contributed by atoms with Crippen LogP contribution in [0.3, 0.4) is 0 Å². The van der Waals surface area contributed by atoms with Gasteiger partial charge in [-0.15, -0.1) is 0 Å². The Kier molecular flexibility index (Phi) is 2.91. The maximum absolute atomic E-state index is 8.23. The third-order valence-corrected chi connectivity index (χ3v) is 1.29. The summed E-state index contributed by atoms with van der Waals surface area (Å²) in [7, 11) is 0. The van der Waals surface area contributed by atoms with E-state index >= 15 is 0 Å². The van der Waals surface area contributed by atoms with Crippen molar-refractivity contribution in [3.63, 3.8) is 0 Å². The van der Waals surface area contributed by atoms with Gasteiger partial charge in [-0.1, -0.05) is 0 Å². The van der Waals surface area contributed by atoms with Gasteiger partial charge in [-0.2, -0.15) is 5.26 Å². The van der Waals surface area contributed by atoms with Gasteiger partial charge in [-0.25, -0.2) is 0 Å². The van der Waals surface area contributed by atoms with Crippen molar-refractivity contribution < 1.29 is 4.42 Å². The molecule has 0 saturated carbocycles. The fraction of sp³-hybridized carbons (Fsp3) is 0.250. The fourth-order valence-corrected chi connectivity index (χ4v) is 0.719. The Morgan fingerprint density at radius 2 is 2.67 bits per heavy atom.